The van der Waals surface area contributed by atoms with Crippen LogP contribution >= 0.6 is 0 Å². The van der Waals surface area contributed by atoms with E-state index in [-0.39, 0.29) is 18.3 Å². The van der Waals surface area contributed by atoms with Crippen LogP contribution in [0.5, 0.6) is 5.75 Å². The van der Waals surface area contributed by atoms with Gasteiger partial charge in [0.05, 0.1) is 12.2 Å². The van der Waals surface area contributed by atoms with E-state index >= 15 is 0 Å². The second kappa shape index (κ2) is 6.81. The van der Waals surface area contributed by atoms with Crippen LogP contribution in [0.25, 0.3) is 0 Å². The fourth-order valence-electron chi connectivity index (χ4n) is 2.94. The molecule has 23 heavy (non-hydrogen) atoms. The summed E-state index contributed by atoms with van der Waals surface area (Å²) >= 11 is 0. The predicted molar refractivity (Wildman–Crippen MR) is 83.6 cm³/mol. The average molecular weight is 317 g/mol. The third-order valence-corrected chi connectivity index (χ3v) is 4.10. The van der Waals surface area contributed by atoms with Gasteiger partial charge in [-0.15, -0.1) is 0 Å². The monoisotopic (exact) mass is 317 g/mol. The summed E-state index contributed by atoms with van der Waals surface area (Å²) in [7, 11) is 1.94. The highest BCUT2D eigenvalue weighted by Gasteiger charge is 2.19. The summed E-state index contributed by atoms with van der Waals surface area (Å²) in [6.07, 6.45) is 4.41. The average Bonchev–Trinajstić information content (AvgIpc) is 2.89. The molecule has 1 aliphatic carbocycles. The number of fused-ring (bicyclic) bond motifs is 1. The third kappa shape index (κ3) is 3.52. The summed E-state index contributed by atoms with van der Waals surface area (Å²) < 4.78 is 20.5. The minimum atomic E-state index is -0.473. The van der Waals surface area contributed by atoms with E-state index in [4.69, 9.17) is 4.74 Å². The number of ether oxygens (including phenoxy) is 1. The Balaban J connectivity index is 1.54. The molecule has 0 radical (unpaired) electrons. The zero-order valence-corrected chi connectivity index (χ0v) is 13.1. The highest BCUT2D eigenvalue weighted by atomic mass is 19.1. The van der Waals surface area contributed by atoms with Crippen LogP contribution in [0.3, 0.4) is 0 Å². The van der Waals surface area contributed by atoms with Crippen molar-refractivity contribution < 1.29 is 13.9 Å². The minimum absolute atomic E-state index is 0.0814. The van der Waals surface area contributed by atoms with E-state index in [0.29, 0.717) is 6.54 Å². The van der Waals surface area contributed by atoms with Crippen molar-refractivity contribution in [1.29, 1.82) is 0 Å². The number of aromatic nitrogens is 2. The van der Waals surface area contributed by atoms with E-state index in [2.05, 4.69) is 10.4 Å². The second-order valence-electron chi connectivity index (χ2n) is 5.70. The Hall–Kier alpha value is -2.37. The zero-order valence-electron chi connectivity index (χ0n) is 13.1. The number of carbonyl (C=O) groups is 1. The largest absolute Gasteiger partial charge is 0.481 e. The summed E-state index contributed by atoms with van der Waals surface area (Å²) in [5.41, 5.74) is 3.44. The smallest absolute Gasteiger partial charge is 0.258 e. The number of rotatable bonds is 5. The van der Waals surface area contributed by atoms with Gasteiger partial charge in [-0.3, -0.25) is 9.48 Å². The highest BCUT2D eigenvalue weighted by molar-refractivity contribution is 5.77. The molecule has 1 N–H and O–H groups in total. The summed E-state index contributed by atoms with van der Waals surface area (Å²) in [5.74, 6) is -0.680. The van der Waals surface area contributed by atoms with Crippen molar-refractivity contribution in [3.63, 3.8) is 0 Å². The first-order chi connectivity index (χ1) is 11.1. The molecule has 0 aliphatic heterocycles. The molecule has 0 saturated heterocycles. The number of hydrogen-bond donors (Lipinski definition) is 1. The molecular weight excluding hydrogens is 297 g/mol. The number of aryl methyl sites for hydroxylation is 1. The number of hydrogen-bond acceptors (Lipinski definition) is 3. The normalized spacial score (nSPS) is 13.5. The Morgan fingerprint density at radius 2 is 2.13 bits per heavy atom. The molecule has 3 rings (SSSR count). The van der Waals surface area contributed by atoms with Crippen molar-refractivity contribution in [2.75, 3.05) is 6.61 Å². The molecule has 1 amide bonds. The van der Waals surface area contributed by atoms with Gasteiger partial charge in [0.2, 0.25) is 0 Å². The zero-order chi connectivity index (χ0) is 16.2. The van der Waals surface area contributed by atoms with E-state index in [0.717, 1.165) is 25.0 Å². The minimum Gasteiger partial charge on any atom is -0.481 e. The number of nitrogens with one attached hydrogen (secondary N) is 1. The van der Waals surface area contributed by atoms with Crippen LogP contribution in [0.2, 0.25) is 0 Å². The van der Waals surface area contributed by atoms with Crippen molar-refractivity contribution in [2.45, 2.75) is 32.2 Å². The Morgan fingerprint density at radius 3 is 2.96 bits per heavy atom. The van der Waals surface area contributed by atoms with Crippen molar-refractivity contribution in [3.05, 3.63) is 47.0 Å². The van der Waals surface area contributed by atoms with Gasteiger partial charge in [0.1, 0.15) is 0 Å². The quantitative estimate of drug-likeness (QED) is 0.919. The van der Waals surface area contributed by atoms with Gasteiger partial charge in [-0.1, -0.05) is 12.1 Å². The van der Waals surface area contributed by atoms with Gasteiger partial charge >= 0.3 is 0 Å². The molecular formula is C17H20FN3O2. The lowest BCUT2D eigenvalue weighted by atomic mass is 9.96. The Bertz CT molecular complexity index is 712. The number of nitrogens with zero attached hydrogens (tertiary/aromatic N) is 2. The molecule has 1 aromatic carbocycles. The maximum atomic E-state index is 13.4. The van der Waals surface area contributed by atoms with Gasteiger partial charge in [-0.2, -0.15) is 5.10 Å². The first-order valence-corrected chi connectivity index (χ1v) is 7.83. The first kappa shape index (κ1) is 15.5. The molecule has 2 aromatic rings. The van der Waals surface area contributed by atoms with Crippen LogP contribution in [-0.4, -0.2) is 22.3 Å². The molecule has 0 unspecified atom stereocenters. The van der Waals surface area contributed by atoms with E-state index < -0.39 is 5.82 Å². The molecule has 0 spiro atoms. The van der Waals surface area contributed by atoms with Gasteiger partial charge in [0.25, 0.3) is 5.91 Å². The van der Waals surface area contributed by atoms with Gasteiger partial charge in [-0.05, 0) is 43.4 Å². The van der Waals surface area contributed by atoms with Crippen molar-refractivity contribution >= 4 is 5.91 Å². The number of carbonyl (C=O) groups excluding carboxylic acids is 1. The lowest BCUT2D eigenvalue weighted by Crippen LogP contribution is -2.29. The lowest BCUT2D eigenvalue weighted by molar-refractivity contribution is -0.123. The highest BCUT2D eigenvalue weighted by Crippen LogP contribution is 2.23. The van der Waals surface area contributed by atoms with Crippen LogP contribution in [0, 0.1) is 5.82 Å². The van der Waals surface area contributed by atoms with Crippen LogP contribution in [0.4, 0.5) is 4.39 Å². The molecule has 1 heterocycles. The topological polar surface area (TPSA) is 56.2 Å². The predicted octanol–water partition coefficient (Wildman–Crippen LogP) is 2.13. The molecule has 122 valence electrons. The van der Waals surface area contributed by atoms with Crippen molar-refractivity contribution in [1.82, 2.24) is 15.1 Å². The third-order valence-electron chi connectivity index (χ3n) is 4.10. The van der Waals surface area contributed by atoms with Crippen LogP contribution in [0.1, 0.15) is 29.8 Å². The van der Waals surface area contributed by atoms with Crippen molar-refractivity contribution in [3.8, 4) is 5.75 Å². The van der Waals surface area contributed by atoms with Crippen LogP contribution < -0.4 is 10.1 Å². The number of halogens is 1. The Labute approximate surface area is 134 Å². The Morgan fingerprint density at radius 1 is 1.35 bits per heavy atom. The summed E-state index contributed by atoms with van der Waals surface area (Å²) in [4.78, 5) is 11.9. The summed E-state index contributed by atoms with van der Waals surface area (Å²) in [6.45, 7) is 0.165. The van der Waals surface area contributed by atoms with Gasteiger partial charge in [0.15, 0.2) is 18.2 Å². The molecule has 1 aliphatic rings. The second-order valence-corrected chi connectivity index (χ2v) is 5.70. The number of amides is 1. The molecule has 0 saturated carbocycles. The Kier molecular flexibility index (Phi) is 4.60. The molecule has 1 aromatic heterocycles. The van der Waals surface area contributed by atoms with Gasteiger partial charge < -0.3 is 10.1 Å². The molecule has 0 atom stereocenters. The molecule has 6 heteroatoms. The SMILES string of the molecule is Cn1nc(CNC(=O)COc2ccccc2F)c2c1CCCC2. The first-order valence-electron chi connectivity index (χ1n) is 7.83. The fourth-order valence-corrected chi connectivity index (χ4v) is 2.94. The number of benzene rings is 1. The maximum absolute atomic E-state index is 13.4. The summed E-state index contributed by atoms with van der Waals surface area (Å²) in [5, 5.41) is 7.29. The van der Waals surface area contributed by atoms with E-state index in [1.807, 2.05) is 11.7 Å². The van der Waals surface area contributed by atoms with E-state index in [1.54, 1.807) is 12.1 Å². The van der Waals surface area contributed by atoms with Crippen LogP contribution in [-0.2, 0) is 31.2 Å². The standard InChI is InChI=1S/C17H20FN3O2/c1-21-15-8-4-2-6-12(15)14(20-21)10-19-17(22)11-23-16-9-5-3-7-13(16)18/h3,5,7,9H,2,4,6,8,10-11H2,1H3,(H,19,22). The van der Waals surface area contributed by atoms with Crippen molar-refractivity contribution in [2.24, 2.45) is 7.05 Å². The maximum Gasteiger partial charge on any atom is 0.258 e. The molecule has 0 bridgehead atoms. The summed E-state index contributed by atoms with van der Waals surface area (Å²) in [6, 6.07) is 6.04. The van der Waals surface area contributed by atoms with Gasteiger partial charge in [0, 0.05) is 12.7 Å². The van der Waals surface area contributed by atoms with Gasteiger partial charge in [-0.25, -0.2) is 4.39 Å². The van der Waals surface area contributed by atoms with E-state index in [9.17, 15) is 9.18 Å². The van der Waals surface area contributed by atoms with Crippen LogP contribution in [0.15, 0.2) is 24.3 Å². The van der Waals surface area contributed by atoms with E-state index in [1.165, 1.54) is 29.8 Å². The lowest BCUT2D eigenvalue weighted by Gasteiger charge is -2.13. The fraction of sp³-hybridized carbons (Fsp3) is 0.412. The molecule has 0 fully saturated rings. The molecule has 5 nitrogen and oxygen atoms in total. The number of para-hydroxylation sites is 1.